The number of carbonyl (C=O) groups is 1. The number of methoxy groups -OCH3 is 1. The molecule has 2 heterocycles. The van der Waals surface area contributed by atoms with Crippen LogP contribution in [0.15, 0.2) is 6.07 Å². The van der Waals surface area contributed by atoms with Crippen LogP contribution in [0.2, 0.25) is 0 Å². The summed E-state index contributed by atoms with van der Waals surface area (Å²) in [6.45, 7) is 1.70. The highest BCUT2D eigenvalue weighted by Crippen LogP contribution is 2.31. The standard InChI is InChI=1S/C13H16F3N3O2/c1-7-6-19(12(20)13(14,15)16)4-3-10-8(7)5-9(17)11(18-10)21-2/h5,7H,3-4,6,17H2,1-2H3. The van der Waals surface area contributed by atoms with E-state index in [-0.39, 0.29) is 31.3 Å². The lowest BCUT2D eigenvalue weighted by Crippen LogP contribution is -2.42. The van der Waals surface area contributed by atoms with Crippen LogP contribution in [0.3, 0.4) is 0 Å². The van der Waals surface area contributed by atoms with E-state index in [9.17, 15) is 18.0 Å². The highest BCUT2D eigenvalue weighted by Gasteiger charge is 2.43. The monoisotopic (exact) mass is 303 g/mol. The van der Waals surface area contributed by atoms with Gasteiger partial charge in [0.05, 0.1) is 12.8 Å². The first-order valence-electron chi connectivity index (χ1n) is 6.43. The molecule has 0 fully saturated rings. The molecule has 0 bridgehead atoms. The largest absolute Gasteiger partial charge is 0.480 e. The molecule has 1 aromatic heterocycles. The van der Waals surface area contributed by atoms with Gasteiger partial charge in [-0.3, -0.25) is 4.79 Å². The molecule has 8 heteroatoms. The minimum absolute atomic E-state index is 0.0151. The molecule has 1 aliphatic heterocycles. The third-order valence-electron chi connectivity index (χ3n) is 3.49. The van der Waals surface area contributed by atoms with Gasteiger partial charge in [-0.15, -0.1) is 0 Å². The second kappa shape index (κ2) is 5.42. The highest BCUT2D eigenvalue weighted by molar-refractivity contribution is 5.82. The maximum absolute atomic E-state index is 12.6. The van der Waals surface area contributed by atoms with Crippen LogP contribution in [-0.4, -0.2) is 42.2 Å². The van der Waals surface area contributed by atoms with Crippen LogP contribution < -0.4 is 10.5 Å². The fraction of sp³-hybridized carbons (Fsp3) is 0.538. The maximum atomic E-state index is 12.6. The molecule has 0 aromatic carbocycles. The van der Waals surface area contributed by atoms with E-state index in [1.54, 1.807) is 13.0 Å². The summed E-state index contributed by atoms with van der Waals surface area (Å²) >= 11 is 0. The summed E-state index contributed by atoms with van der Waals surface area (Å²) in [4.78, 5) is 16.4. The zero-order chi connectivity index (χ0) is 15.8. The fourth-order valence-electron chi connectivity index (χ4n) is 2.48. The molecule has 21 heavy (non-hydrogen) atoms. The van der Waals surface area contributed by atoms with E-state index in [4.69, 9.17) is 10.5 Å². The number of aromatic nitrogens is 1. The number of nitrogens with zero attached hydrogens (tertiary/aromatic N) is 2. The molecular weight excluding hydrogens is 287 g/mol. The van der Waals surface area contributed by atoms with Crippen molar-refractivity contribution in [3.8, 4) is 5.88 Å². The zero-order valence-electron chi connectivity index (χ0n) is 11.7. The number of rotatable bonds is 1. The molecule has 0 spiro atoms. The zero-order valence-corrected chi connectivity index (χ0v) is 11.7. The van der Waals surface area contributed by atoms with Crippen molar-refractivity contribution in [2.24, 2.45) is 0 Å². The smallest absolute Gasteiger partial charge is 0.471 e. The number of nitrogens with two attached hydrogens (primary N) is 1. The van der Waals surface area contributed by atoms with Gasteiger partial charge in [0.1, 0.15) is 0 Å². The topological polar surface area (TPSA) is 68.5 Å². The van der Waals surface area contributed by atoms with Gasteiger partial charge >= 0.3 is 12.1 Å². The van der Waals surface area contributed by atoms with Gasteiger partial charge < -0.3 is 15.4 Å². The summed E-state index contributed by atoms with van der Waals surface area (Å²) in [5.41, 5.74) is 7.49. The maximum Gasteiger partial charge on any atom is 0.471 e. The van der Waals surface area contributed by atoms with Gasteiger partial charge in [0, 0.05) is 31.1 Å². The number of hydrogen-bond acceptors (Lipinski definition) is 4. The Bertz CT molecular complexity index is 560. The summed E-state index contributed by atoms with van der Waals surface area (Å²) < 4.78 is 42.7. The fourth-order valence-corrected chi connectivity index (χ4v) is 2.48. The Hall–Kier alpha value is -1.99. The Morgan fingerprint density at radius 1 is 1.52 bits per heavy atom. The molecule has 0 aliphatic carbocycles. The predicted octanol–water partition coefficient (Wildman–Crippen LogP) is 1.72. The number of hydrogen-bond donors (Lipinski definition) is 1. The van der Waals surface area contributed by atoms with Crippen molar-refractivity contribution in [2.45, 2.75) is 25.4 Å². The minimum atomic E-state index is -4.86. The summed E-state index contributed by atoms with van der Waals surface area (Å²) in [6.07, 6.45) is -4.63. The van der Waals surface area contributed by atoms with Gasteiger partial charge in [0.15, 0.2) is 0 Å². The van der Waals surface area contributed by atoms with Gasteiger partial charge in [-0.05, 0) is 11.6 Å². The number of ether oxygens (including phenoxy) is 1. The lowest BCUT2D eigenvalue weighted by atomic mass is 9.99. The van der Waals surface area contributed by atoms with Crippen molar-refractivity contribution in [3.63, 3.8) is 0 Å². The first-order valence-corrected chi connectivity index (χ1v) is 6.43. The van der Waals surface area contributed by atoms with Gasteiger partial charge in [0.25, 0.3) is 0 Å². The van der Waals surface area contributed by atoms with Gasteiger partial charge in [-0.25, -0.2) is 4.98 Å². The molecule has 2 rings (SSSR count). The number of nitrogen functional groups attached to an aromatic ring is 1. The molecule has 1 amide bonds. The number of amides is 1. The quantitative estimate of drug-likeness (QED) is 0.858. The Balaban J connectivity index is 2.31. The van der Waals surface area contributed by atoms with E-state index in [1.807, 2.05) is 0 Å². The lowest BCUT2D eigenvalue weighted by molar-refractivity contribution is -0.185. The van der Waals surface area contributed by atoms with Crippen LogP contribution in [0.1, 0.15) is 24.1 Å². The molecule has 1 aromatic rings. The second-order valence-corrected chi connectivity index (χ2v) is 5.02. The van der Waals surface area contributed by atoms with Crippen molar-refractivity contribution in [2.75, 3.05) is 25.9 Å². The molecule has 116 valence electrons. The summed E-state index contributed by atoms with van der Waals surface area (Å²) in [5, 5.41) is 0. The molecule has 0 radical (unpaired) electrons. The predicted molar refractivity (Wildman–Crippen MR) is 70.0 cm³/mol. The van der Waals surface area contributed by atoms with Crippen molar-refractivity contribution in [1.29, 1.82) is 0 Å². The summed E-state index contributed by atoms with van der Waals surface area (Å²) in [5.74, 6) is -1.85. The minimum Gasteiger partial charge on any atom is -0.480 e. The van der Waals surface area contributed by atoms with Gasteiger partial charge in [-0.2, -0.15) is 13.2 Å². The van der Waals surface area contributed by atoms with Crippen LogP contribution in [-0.2, 0) is 11.2 Å². The number of carbonyl (C=O) groups excluding carboxylic acids is 1. The molecule has 1 aliphatic rings. The SMILES string of the molecule is COc1nc2c(cc1N)C(C)CN(C(=O)C(F)(F)F)CC2. The van der Waals surface area contributed by atoms with Crippen LogP contribution in [0.4, 0.5) is 18.9 Å². The Morgan fingerprint density at radius 2 is 2.19 bits per heavy atom. The number of alkyl halides is 3. The summed E-state index contributed by atoms with van der Waals surface area (Å²) in [7, 11) is 1.42. The van der Waals surface area contributed by atoms with Crippen LogP contribution in [0.25, 0.3) is 0 Å². The first-order chi connectivity index (χ1) is 9.74. The molecule has 0 saturated carbocycles. The average molecular weight is 303 g/mol. The number of fused-ring (bicyclic) bond motifs is 1. The third-order valence-corrected chi connectivity index (χ3v) is 3.49. The number of anilines is 1. The molecule has 1 unspecified atom stereocenters. The van der Waals surface area contributed by atoms with E-state index in [0.717, 1.165) is 10.5 Å². The Labute approximate surface area is 119 Å². The van der Waals surface area contributed by atoms with Crippen molar-refractivity contribution in [1.82, 2.24) is 9.88 Å². The van der Waals surface area contributed by atoms with Gasteiger partial charge in [-0.1, -0.05) is 6.92 Å². The van der Waals surface area contributed by atoms with Crippen molar-refractivity contribution in [3.05, 3.63) is 17.3 Å². The first kappa shape index (κ1) is 15.4. The molecular formula is C13H16F3N3O2. The normalized spacial score (nSPS) is 18.9. The Kier molecular flexibility index (Phi) is 3.97. The second-order valence-electron chi connectivity index (χ2n) is 5.02. The highest BCUT2D eigenvalue weighted by atomic mass is 19.4. The van der Waals surface area contributed by atoms with E-state index in [0.29, 0.717) is 11.4 Å². The van der Waals surface area contributed by atoms with E-state index >= 15 is 0 Å². The third kappa shape index (κ3) is 3.03. The molecule has 2 N–H and O–H groups in total. The number of halogens is 3. The average Bonchev–Trinajstić information content (AvgIpc) is 2.56. The molecule has 5 nitrogen and oxygen atoms in total. The Morgan fingerprint density at radius 3 is 2.76 bits per heavy atom. The van der Waals surface area contributed by atoms with Crippen LogP contribution in [0, 0.1) is 0 Å². The van der Waals surface area contributed by atoms with Crippen LogP contribution >= 0.6 is 0 Å². The van der Waals surface area contributed by atoms with Crippen LogP contribution in [0.5, 0.6) is 5.88 Å². The van der Waals surface area contributed by atoms with E-state index in [1.165, 1.54) is 7.11 Å². The van der Waals surface area contributed by atoms with Crippen molar-refractivity contribution < 1.29 is 22.7 Å². The lowest BCUT2D eigenvalue weighted by Gasteiger charge is -2.23. The van der Waals surface area contributed by atoms with E-state index in [2.05, 4.69) is 4.98 Å². The van der Waals surface area contributed by atoms with Gasteiger partial charge in [0.2, 0.25) is 5.88 Å². The molecule has 0 saturated heterocycles. The summed E-state index contributed by atoms with van der Waals surface area (Å²) in [6, 6.07) is 1.66. The number of pyridine rings is 1. The van der Waals surface area contributed by atoms with Crippen molar-refractivity contribution >= 4 is 11.6 Å². The van der Waals surface area contributed by atoms with E-state index < -0.39 is 12.1 Å². The molecule has 1 atom stereocenters.